The zero-order valence-electron chi connectivity index (χ0n) is 28.0. The fraction of sp³-hybridized carbons (Fsp3) is 0.438. The fourth-order valence-electron chi connectivity index (χ4n) is 2.74. The van der Waals surface area contributed by atoms with Crippen LogP contribution in [0.15, 0.2) is 58.5 Å². The van der Waals surface area contributed by atoms with Crippen molar-refractivity contribution in [2.75, 3.05) is 33.9 Å². The van der Waals surface area contributed by atoms with Crippen LogP contribution in [0.2, 0.25) is 10.0 Å². The van der Waals surface area contributed by atoms with Crippen LogP contribution in [-0.2, 0) is 0 Å². The molecule has 3 aromatic carbocycles. The molecule has 0 saturated carbocycles. The summed E-state index contributed by atoms with van der Waals surface area (Å²) in [5, 5.41) is 7.25. The maximum Gasteiger partial charge on any atom is 0.175 e. The second-order valence-electron chi connectivity index (χ2n) is 8.76. The first-order chi connectivity index (χ1) is 20.9. The molecule has 0 amide bonds. The predicted octanol–water partition coefficient (Wildman–Crippen LogP) is 9.87. The molecule has 0 saturated heterocycles. The SMILES string of the molecule is CC.CCC.CCC.CCNC.CNC.CS(O)(O)O.Clc1c2c(c(Cl)c3c1=Nc1ccccc1O3)=Nc1ccccc1O2. The number of hydrogen-bond donors (Lipinski definition) is 5. The third kappa shape index (κ3) is 16.1. The minimum atomic E-state index is -3.17. The lowest BCUT2D eigenvalue weighted by atomic mass is 10.2. The highest BCUT2D eigenvalue weighted by molar-refractivity contribution is 8.18. The van der Waals surface area contributed by atoms with Gasteiger partial charge in [-0.05, 0) is 52.0 Å². The molecule has 2 aliphatic rings. The molecule has 0 spiro atoms. The Morgan fingerprint density at radius 2 is 0.932 bits per heavy atom. The number of benzene rings is 3. The van der Waals surface area contributed by atoms with Crippen LogP contribution < -0.4 is 30.8 Å². The van der Waals surface area contributed by atoms with Gasteiger partial charge in [0.15, 0.2) is 23.0 Å². The van der Waals surface area contributed by atoms with Gasteiger partial charge in [-0.1, -0.05) is 109 Å². The summed E-state index contributed by atoms with van der Waals surface area (Å²) in [6, 6.07) is 14.9. The molecule has 9 nitrogen and oxygen atoms in total. The van der Waals surface area contributed by atoms with E-state index in [1.165, 1.54) is 12.8 Å². The van der Waals surface area contributed by atoms with Crippen molar-refractivity contribution in [3.8, 4) is 23.0 Å². The van der Waals surface area contributed by atoms with E-state index in [0.29, 0.717) is 55.1 Å². The number of para-hydroxylation sites is 4. The lowest BCUT2D eigenvalue weighted by Crippen LogP contribution is -2.22. The summed E-state index contributed by atoms with van der Waals surface area (Å²) in [6.45, 7) is 15.6. The largest absolute Gasteiger partial charge is 0.451 e. The number of ether oxygens (including phenoxy) is 2. The highest BCUT2D eigenvalue weighted by atomic mass is 35.5. The van der Waals surface area contributed by atoms with E-state index < -0.39 is 10.9 Å². The minimum Gasteiger partial charge on any atom is -0.451 e. The molecule has 0 atom stereocenters. The Kier molecular flexibility index (Phi) is 24.7. The van der Waals surface area contributed by atoms with Crippen LogP contribution in [0.25, 0.3) is 0 Å². The van der Waals surface area contributed by atoms with Gasteiger partial charge >= 0.3 is 0 Å². The molecular weight excluding hydrogens is 623 g/mol. The van der Waals surface area contributed by atoms with Crippen molar-refractivity contribution in [2.24, 2.45) is 9.98 Å². The smallest absolute Gasteiger partial charge is 0.175 e. The number of rotatable bonds is 1. The van der Waals surface area contributed by atoms with E-state index in [4.69, 9.17) is 46.3 Å². The van der Waals surface area contributed by atoms with E-state index in [9.17, 15) is 0 Å². The lowest BCUT2D eigenvalue weighted by molar-refractivity contribution is 0.384. The van der Waals surface area contributed by atoms with E-state index >= 15 is 0 Å². The third-order valence-electron chi connectivity index (χ3n) is 4.22. The Morgan fingerprint density at radius 3 is 1.18 bits per heavy atom. The molecule has 5 N–H and O–H groups in total. The van der Waals surface area contributed by atoms with Gasteiger partial charge in [-0.15, -0.1) is 0 Å². The molecule has 12 heteroatoms. The molecule has 0 fully saturated rings. The molecule has 2 aliphatic heterocycles. The van der Waals surface area contributed by atoms with E-state index in [0.717, 1.165) is 12.8 Å². The zero-order valence-corrected chi connectivity index (χ0v) is 30.3. The second kappa shape index (κ2) is 24.9. The van der Waals surface area contributed by atoms with Gasteiger partial charge in [0, 0.05) is 6.26 Å². The van der Waals surface area contributed by atoms with Crippen LogP contribution in [0.5, 0.6) is 23.0 Å². The Hall–Kier alpha value is -2.41. The Bertz CT molecular complexity index is 1240. The standard InChI is InChI=1S/C18H8Cl2N2O2.C3H9N.2C3H8.C2H7N.C2H6.CH6O3S/c19-13-15-17(23-11-7-3-1-5-9(11)21-15)14(20)16-18(13)24-12-8-4-2-6-10(12)22-16;1-3-4-2;3*1-3-2;1-2;1-5(2,3)4/h1-8H;4H,3H2,1-2H3;2*3H2,1-2H3;3H,1-2H3;1-2H3;2-4H,1H3. The van der Waals surface area contributed by atoms with Crippen molar-refractivity contribution in [2.45, 2.75) is 61.3 Å². The summed E-state index contributed by atoms with van der Waals surface area (Å²) >= 11 is 13.1. The topological polar surface area (TPSA) is 128 Å². The lowest BCUT2D eigenvalue weighted by Gasteiger charge is -2.20. The maximum atomic E-state index is 7.72. The van der Waals surface area contributed by atoms with Gasteiger partial charge in [0.25, 0.3) is 0 Å². The molecule has 0 aromatic heterocycles. The van der Waals surface area contributed by atoms with E-state index in [1.54, 1.807) is 0 Å². The Balaban J connectivity index is 0. The van der Waals surface area contributed by atoms with E-state index in [-0.39, 0.29) is 0 Å². The average Bonchev–Trinajstić information content (AvgIpc) is 3.00. The molecule has 0 aliphatic carbocycles. The van der Waals surface area contributed by atoms with Crippen LogP contribution >= 0.6 is 34.1 Å². The summed E-state index contributed by atoms with van der Waals surface area (Å²) in [6.07, 6.45) is 3.44. The number of nitrogens with zero attached hydrogens (tertiary/aromatic N) is 2. The maximum absolute atomic E-state index is 7.72. The molecule has 2 heterocycles. The summed E-state index contributed by atoms with van der Waals surface area (Å²) < 4.78 is 35.0. The van der Waals surface area contributed by atoms with Crippen molar-refractivity contribution in [1.82, 2.24) is 10.6 Å². The van der Waals surface area contributed by atoms with Gasteiger partial charge in [-0.25, -0.2) is 9.98 Å². The van der Waals surface area contributed by atoms with Crippen LogP contribution in [0.4, 0.5) is 11.4 Å². The monoisotopic (exact) mass is 674 g/mol. The Morgan fingerprint density at radius 1 is 0.682 bits per heavy atom. The third-order valence-corrected chi connectivity index (χ3v) is 4.92. The van der Waals surface area contributed by atoms with Crippen LogP contribution in [-0.4, -0.2) is 47.6 Å². The molecular formula is C32H52Cl2N4O5S. The summed E-state index contributed by atoms with van der Waals surface area (Å²) in [7, 11) is 2.51. The summed E-state index contributed by atoms with van der Waals surface area (Å²) in [5.41, 5.74) is 1.38. The molecule has 0 bridgehead atoms. The van der Waals surface area contributed by atoms with Crippen molar-refractivity contribution in [1.29, 1.82) is 0 Å². The first kappa shape index (κ1) is 43.7. The first-order valence-corrected chi connectivity index (χ1v) is 17.3. The van der Waals surface area contributed by atoms with Crippen molar-refractivity contribution in [3.05, 3.63) is 69.3 Å². The average molecular weight is 676 g/mol. The summed E-state index contributed by atoms with van der Waals surface area (Å²) in [5.74, 6) is 2.04. The number of fused-ring (bicyclic) bond motifs is 4. The van der Waals surface area contributed by atoms with Crippen LogP contribution in [0.3, 0.4) is 0 Å². The second-order valence-corrected chi connectivity index (χ2v) is 11.1. The molecule has 0 radical (unpaired) electrons. The van der Waals surface area contributed by atoms with Gasteiger partial charge in [0.2, 0.25) is 0 Å². The van der Waals surface area contributed by atoms with Gasteiger partial charge in [0.1, 0.15) is 32.1 Å². The van der Waals surface area contributed by atoms with Gasteiger partial charge < -0.3 is 33.8 Å². The van der Waals surface area contributed by atoms with E-state index in [1.807, 2.05) is 83.5 Å². The van der Waals surface area contributed by atoms with Crippen LogP contribution in [0, 0.1) is 0 Å². The van der Waals surface area contributed by atoms with Gasteiger partial charge in [-0.3, -0.25) is 0 Å². The van der Waals surface area contributed by atoms with Crippen molar-refractivity contribution < 1.29 is 23.1 Å². The first-order valence-electron chi connectivity index (χ1n) is 14.6. The van der Waals surface area contributed by atoms with Crippen LogP contribution in [0.1, 0.15) is 61.3 Å². The quantitative estimate of drug-likeness (QED) is 0.120. The molecule has 0 unspecified atom stereocenters. The Labute approximate surface area is 275 Å². The molecule has 44 heavy (non-hydrogen) atoms. The summed E-state index contributed by atoms with van der Waals surface area (Å²) in [4.78, 5) is 9.14. The predicted molar refractivity (Wildman–Crippen MR) is 190 cm³/mol. The molecule has 250 valence electrons. The zero-order chi connectivity index (χ0) is 34.3. The highest BCUT2D eigenvalue weighted by Gasteiger charge is 2.26. The van der Waals surface area contributed by atoms with Gasteiger partial charge in [-0.2, -0.15) is 0 Å². The van der Waals surface area contributed by atoms with E-state index in [2.05, 4.69) is 55.2 Å². The number of hydrogen-bond acceptors (Lipinski definition) is 9. The van der Waals surface area contributed by atoms with Crippen molar-refractivity contribution in [3.63, 3.8) is 0 Å². The van der Waals surface area contributed by atoms with Crippen molar-refractivity contribution >= 4 is 45.4 Å². The number of nitrogens with one attached hydrogen (secondary N) is 2. The normalized spacial score (nSPS) is 10.9. The highest BCUT2D eigenvalue weighted by Crippen LogP contribution is 2.42. The number of halogens is 2. The fourth-order valence-corrected chi connectivity index (χ4v) is 3.25. The molecule has 5 rings (SSSR count). The minimum absolute atomic E-state index is 0.331. The molecule has 3 aromatic rings. The van der Waals surface area contributed by atoms with Gasteiger partial charge in [0.05, 0.1) is 10.9 Å².